The topological polar surface area (TPSA) is 59.0 Å². The van der Waals surface area contributed by atoms with Crippen LogP contribution in [0.4, 0.5) is 0 Å². The molecule has 0 atom stereocenters. The van der Waals surface area contributed by atoms with Crippen molar-refractivity contribution in [1.82, 2.24) is 4.90 Å². The van der Waals surface area contributed by atoms with Crippen molar-refractivity contribution in [3.63, 3.8) is 0 Å². The number of imide groups is 1. The maximum atomic E-state index is 13.7. The second-order valence-electron chi connectivity index (χ2n) is 12.0. The molecule has 5 nitrogen and oxygen atoms in total. The van der Waals surface area contributed by atoms with Gasteiger partial charge in [0.15, 0.2) is 0 Å². The molecule has 0 bridgehead atoms. The van der Waals surface area contributed by atoms with Gasteiger partial charge in [-0.15, -0.1) is 0 Å². The normalized spacial score (nSPS) is 15.6. The van der Waals surface area contributed by atoms with Crippen molar-refractivity contribution in [3.05, 3.63) is 70.8 Å². The Morgan fingerprint density at radius 2 is 1.56 bits per heavy atom. The van der Waals surface area contributed by atoms with Crippen molar-refractivity contribution in [1.29, 1.82) is 0 Å². The number of amides is 2. The fraction of sp³-hybridized carbons (Fsp3) is 0.444. The van der Waals surface area contributed by atoms with Crippen molar-refractivity contribution >= 4 is 33.9 Å². The van der Waals surface area contributed by atoms with E-state index in [2.05, 4.69) is 50.3 Å². The molecular weight excluding hydrogens is 456 g/mol. The molecule has 182 valence electrons. The van der Waals surface area contributed by atoms with Crippen molar-refractivity contribution in [2.45, 2.75) is 63.8 Å². The van der Waals surface area contributed by atoms with Crippen LogP contribution in [0.5, 0.6) is 0 Å². The lowest BCUT2D eigenvalue weighted by atomic mass is 10.1. The molecule has 3 rings (SSSR count). The lowest BCUT2D eigenvalue weighted by Gasteiger charge is -2.40. The van der Waals surface area contributed by atoms with Crippen molar-refractivity contribution < 1.29 is 14.3 Å². The van der Waals surface area contributed by atoms with E-state index in [0.29, 0.717) is 28.8 Å². The van der Waals surface area contributed by atoms with Gasteiger partial charge in [0.25, 0.3) is 11.8 Å². The zero-order valence-electron chi connectivity index (χ0n) is 22.0. The van der Waals surface area contributed by atoms with Gasteiger partial charge >= 0.3 is 0 Å². The summed E-state index contributed by atoms with van der Waals surface area (Å²) in [5.74, 6) is -0.0627. The van der Waals surface area contributed by atoms with Crippen molar-refractivity contribution in [3.8, 4) is 0 Å². The number of hydrogen-bond donors (Lipinski definition) is 0. The predicted octanol–water partition coefficient (Wildman–Crippen LogP) is 5.99. The van der Waals surface area contributed by atoms with Crippen LogP contribution in [-0.4, -0.2) is 58.0 Å². The number of rotatable bonds is 6. The number of ether oxygens (including phenoxy) is 1. The summed E-state index contributed by atoms with van der Waals surface area (Å²) in [5, 5.41) is 0.396. The van der Waals surface area contributed by atoms with E-state index in [0.717, 1.165) is 11.1 Å². The summed E-state index contributed by atoms with van der Waals surface area (Å²) in [6, 6.07) is 15.0. The van der Waals surface area contributed by atoms with Crippen LogP contribution in [-0.2, 0) is 4.74 Å². The molecule has 0 unspecified atom stereocenters. The molecule has 1 aliphatic heterocycles. The van der Waals surface area contributed by atoms with E-state index in [1.54, 1.807) is 25.2 Å². The average Bonchev–Trinajstić information content (AvgIpc) is 3.10. The molecule has 2 aromatic rings. The number of nitrogens with zero attached hydrogens (tertiary/aromatic N) is 2. The molecule has 0 radical (unpaired) electrons. The molecule has 0 fully saturated rings. The Bertz CT molecular complexity index is 1110. The summed E-state index contributed by atoms with van der Waals surface area (Å²) in [6.45, 7) is 18.7. The molecule has 2 aromatic carbocycles. The third kappa shape index (κ3) is 5.58. The Balaban J connectivity index is 1.94. The van der Waals surface area contributed by atoms with E-state index in [4.69, 9.17) is 4.74 Å². The zero-order chi connectivity index (χ0) is 25.5. The smallest absolute Gasteiger partial charge is 0.260 e. The van der Waals surface area contributed by atoms with E-state index in [9.17, 15) is 9.59 Å². The molecule has 0 aliphatic carbocycles. The minimum atomic E-state index is -1.62. The molecule has 0 aromatic heterocycles. The SMILES string of the molecule is CN(C(=O)c1cccc(C2=NC(C)(C)CO2)c1)C(=O)c1ccccc1C([Si](C)(C)C)[Si](C)(C)C. The molecule has 0 saturated carbocycles. The fourth-order valence-corrected chi connectivity index (χ4v) is 17.9. The van der Waals surface area contributed by atoms with Crippen LogP contribution in [0.1, 0.15) is 50.9 Å². The van der Waals surface area contributed by atoms with Gasteiger partial charge in [-0.3, -0.25) is 14.5 Å². The van der Waals surface area contributed by atoms with Crippen LogP contribution in [0.3, 0.4) is 0 Å². The van der Waals surface area contributed by atoms with Gasteiger partial charge in [0.2, 0.25) is 5.90 Å². The highest BCUT2D eigenvalue weighted by Crippen LogP contribution is 2.37. The van der Waals surface area contributed by atoms with Crippen LogP contribution in [0.25, 0.3) is 0 Å². The Morgan fingerprint density at radius 1 is 0.941 bits per heavy atom. The van der Waals surface area contributed by atoms with E-state index in [1.807, 2.05) is 38.1 Å². The van der Waals surface area contributed by atoms with Crippen molar-refractivity contribution in [2.24, 2.45) is 4.99 Å². The summed E-state index contributed by atoms with van der Waals surface area (Å²) >= 11 is 0. The van der Waals surface area contributed by atoms with Gasteiger partial charge in [0.1, 0.15) is 6.61 Å². The van der Waals surface area contributed by atoms with Crippen LogP contribution >= 0.6 is 0 Å². The van der Waals surface area contributed by atoms with Crippen LogP contribution in [0, 0.1) is 0 Å². The predicted molar refractivity (Wildman–Crippen MR) is 145 cm³/mol. The lowest BCUT2D eigenvalue weighted by Crippen LogP contribution is -2.47. The fourth-order valence-electron chi connectivity index (χ4n) is 5.16. The molecule has 1 heterocycles. The number of benzene rings is 2. The first-order valence-corrected chi connectivity index (χ1v) is 19.0. The van der Waals surface area contributed by atoms with Crippen molar-refractivity contribution in [2.75, 3.05) is 13.7 Å². The van der Waals surface area contributed by atoms with E-state index < -0.39 is 16.1 Å². The van der Waals surface area contributed by atoms with Gasteiger partial charge in [0, 0.05) is 39.9 Å². The van der Waals surface area contributed by atoms with Crippen LogP contribution in [0.2, 0.25) is 39.3 Å². The Labute approximate surface area is 206 Å². The van der Waals surface area contributed by atoms with Gasteiger partial charge < -0.3 is 4.74 Å². The monoisotopic (exact) mass is 494 g/mol. The summed E-state index contributed by atoms with van der Waals surface area (Å²) in [5.41, 5.74) is 2.63. The molecule has 1 aliphatic rings. The third-order valence-electron chi connectivity index (χ3n) is 6.17. The zero-order valence-corrected chi connectivity index (χ0v) is 24.0. The maximum Gasteiger partial charge on any atom is 0.260 e. The minimum Gasteiger partial charge on any atom is -0.475 e. The maximum absolute atomic E-state index is 13.7. The summed E-state index contributed by atoms with van der Waals surface area (Å²) in [4.78, 5) is 32.9. The molecule has 34 heavy (non-hydrogen) atoms. The van der Waals surface area contributed by atoms with Gasteiger partial charge in [-0.25, -0.2) is 4.99 Å². The average molecular weight is 495 g/mol. The Hall–Kier alpha value is -2.52. The lowest BCUT2D eigenvalue weighted by molar-refractivity contribution is 0.0655. The number of aliphatic imine (C=N–C) groups is 1. The largest absolute Gasteiger partial charge is 0.475 e. The van der Waals surface area contributed by atoms with E-state index >= 15 is 0 Å². The number of hydrogen-bond acceptors (Lipinski definition) is 4. The Morgan fingerprint density at radius 3 is 2.12 bits per heavy atom. The highest BCUT2D eigenvalue weighted by molar-refractivity contribution is 6.96. The molecule has 0 N–H and O–H groups in total. The first-order chi connectivity index (χ1) is 15.6. The first-order valence-electron chi connectivity index (χ1n) is 11.9. The van der Waals surface area contributed by atoms with E-state index in [-0.39, 0.29) is 17.4 Å². The molecule has 7 heteroatoms. The number of carbonyl (C=O) groups excluding carboxylic acids is 2. The number of carbonyl (C=O) groups is 2. The van der Waals surface area contributed by atoms with Gasteiger partial charge in [-0.1, -0.05) is 63.5 Å². The van der Waals surface area contributed by atoms with Gasteiger partial charge in [-0.2, -0.15) is 0 Å². The minimum absolute atomic E-state index is 0.261. The summed E-state index contributed by atoms with van der Waals surface area (Å²) < 4.78 is 5.74. The van der Waals surface area contributed by atoms with Crippen LogP contribution < -0.4 is 0 Å². The van der Waals surface area contributed by atoms with Gasteiger partial charge in [0.05, 0.1) is 5.54 Å². The second-order valence-corrected chi connectivity index (χ2v) is 23.2. The highest BCUT2D eigenvalue weighted by Gasteiger charge is 2.40. The highest BCUT2D eigenvalue weighted by atomic mass is 28.4. The second kappa shape index (κ2) is 9.26. The molecule has 0 spiro atoms. The standard InChI is InChI=1S/C27H38N2O3Si2/c1-27(2)18-32-23(28-27)19-13-12-14-20(17-19)24(30)29(3)25(31)21-15-10-11-16-22(21)26(33(4,5)6)34(7,8)9/h10-17,26H,18H2,1-9H3. The molecular formula is C27H38N2O3Si2. The molecule has 2 amide bonds. The van der Waals surface area contributed by atoms with Gasteiger partial charge in [-0.05, 0) is 48.8 Å². The first kappa shape index (κ1) is 26.1. The summed E-state index contributed by atoms with van der Waals surface area (Å²) in [6.07, 6.45) is 0. The summed E-state index contributed by atoms with van der Waals surface area (Å²) in [7, 11) is -1.67. The Kier molecular flexibility index (Phi) is 7.11. The van der Waals surface area contributed by atoms with E-state index in [1.165, 1.54) is 4.90 Å². The van der Waals surface area contributed by atoms with Crippen LogP contribution in [0.15, 0.2) is 53.5 Å². The quantitative estimate of drug-likeness (QED) is 0.366. The third-order valence-corrected chi connectivity index (χ3v) is 15.4. The molecule has 0 saturated heterocycles.